The molecule has 2 heterocycles. The van der Waals surface area contributed by atoms with E-state index in [9.17, 15) is 9.59 Å². The molecule has 0 unspecified atom stereocenters. The minimum atomic E-state index is -0.790. The number of thiazole rings is 1. The molecule has 1 aliphatic heterocycles. The summed E-state index contributed by atoms with van der Waals surface area (Å²) in [5, 5.41) is 0.621. The molecule has 9 nitrogen and oxygen atoms in total. The van der Waals surface area contributed by atoms with Gasteiger partial charge in [-0.1, -0.05) is 41.1 Å². The van der Waals surface area contributed by atoms with E-state index in [1.165, 1.54) is 11.3 Å². The summed E-state index contributed by atoms with van der Waals surface area (Å²) >= 11 is 9.78. The van der Waals surface area contributed by atoms with Gasteiger partial charge in [-0.25, -0.2) is 4.99 Å². The summed E-state index contributed by atoms with van der Waals surface area (Å²) < 4.78 is 26.0. The van der Waals surface area contributed by atoms with Crippen molar-refractivity contribution in [2.45, 2.75) is 33.4 Å². The van der Waals surface area contributed by atoms with Crippen molar-refractivity contribution < 1.29 is 23.7 Å². The first kappa shape index (κ1) is 34.5. The Morgan fingerprint density at radius 3 is 2.43 bits per heavy atom. The zero-order valence-corrected chi connectivity index (χ0v) is 30.7. The Morgan fingerprint density at radius 1 is 1.04 bits per heavy atom. The molecule has 0 bridgehead atoms. The van der Waals surface area contributed by atoms with Gasteiger partial charge in [0.1, 0.15) is 24.1 Å². The fraction of sp³-hybridized carbons (Fsp3) is 0.286. The molecule has 0 saturated carbocycles. The summed E-state index contributed by atoms with van der Waals surface area (Å²) in [6, 6.07) is 15.8. The third-order valence-corrected chi connectivity index (χ3v) is 10.1. The number of aromatic nitrogens is 1. The van der Waals surface area contributed by atoms with E-state index in [2.05, 4.69) is 22.6 Å². The Morgan fingerprint density at radius 2 is 1.77 bits per heavy atom. The Balaban J connectivity index is 1.65. The van der Waals surface area contributed by atoms with Gasteiger partial charge in [0.2, 0.25) is 0 Å². The maximum atomic E-state index is 14.3. The number of hydrogen-bond acceptors (Lipinski definition) is 8. The van der Waals surface area contributed by atoms with E-state index < -0.39 is 6.04 Å². The average molecular weight is 788 g/mol. The molecule has 0 N–H and O–H groups in total. The number of carbonyl (C=O) groups excluding carboxylic acids is 1. The van der Waals surface area contributed by atoms with Crippen LogP contribution in [0.5, 0.6) is 23.0 Å². The summed E-state index contributed by atoms with van der Waals surface area (Å²) in [6.07, 6.45) is 1.80. The summed E-state index contributed by atoms with van der Waals surface area (Å²) in [5.41, 5.74) is 2.90. The van der Waals surface area contributed by atoms with E-state index in [4.69, 9.17) is 35.5 Å². The van der Waals surface area contributed by atoms with Crippen LogP contribution in [-0.2, 0) is 11.4 Å². The van der Waals surface area contributed by atoms with Crippen LogP contribution in [0.25, 0.3) is 6.08 Å². The predicted octanol–water partition coefficient (Wildman–Crippen LogP) is 5.97. The number of allylic oxidation sites excluding steroid dienone is 1. The van der Waals surface area contributed by atoms with Gasteiger partial charge < -0.3 is 23.8 Å². The number of nitrogens with zero attached hydrogens (tertiary/aromatic N) is 3. The van der Waals surface area contributed by atoms with Gasteiger partial charge in [-0.05, 0) is 91.4 Å². The van der Waals surface area contributed by atoms with Crippen LogP contribution in [-0.4, -0.2) is 49.8 Å². The average Bonchev–Trinajstić information content (AvgIpc) is 3.37. The van der Waals surface area contributed by atoms with E-state index in [0.717, 1.165) is 14.7 Å². The zero-order valence-electron chi connectivity index (χ0n) is 26.9. The number of halogens is 2. The van der Waals surface area contributed by atoms with Gasteiger partial charge in [0.15, 0.2) is 16.3 Å². The largest absolute Gasteiger partial charge is 0.497 e. The highest BCUT2D eigenvalue weighted by Gasteiger charge is 2.36. The Hall–Kier alpha value is -3.81. The summed E-state index contributed by atoms with van der Waals surface area (Å²) in [4.78, 5) is 35.3. The number of ether oxygens (including phenoxy) is 4. The smallest absolute Gasteiger partial charge is 0.271 e. The second kappa shape index (κ2) is 15.0. The van der Waals surface area contributed by atoms with E-state index in [-0.39, 0.29) is 18.1 Å². The molecule has 1 amide bonds. The lowest BCUT2D eigenvalue weighted by Gasteiger charge is -2.30. The van der Waals surface area contributed by atoms with Crippen molar-refractivity contribution in [3.8, 4) is 23.0 Å². The SMILES string of the molecule is CCN(CC)C(=O)C1=C(C)N=c2s/c(=C/c3cc(I)c(OCc4ccccc4Cl)c(OC)c3)c(=O)n2[C@@H]1c1cc(OC)ccc1OC. The number of benzene rings is 3. The van der Waals surface area contributed by atoms with Crippen molar-refractivity contribution in [2.24, 2.45) is 4.99 Å². The Bertz CT molecular complexity index is 2040. The maximum Gasteiger partial charge on any atom is 0.271 e. The highest BCUT2D eigenvalue weighted by Crippen LogP contribution is 2.38. The maximum absolute atomic E-state index is 14.3. The van der Waals surface area contributed by atoms with Crippen LogP contribution < -0.4 is 33.8 Å². The third kappa shape index (κ3) is 6.93. The Kier molecular flexibility index (Phi) is 11.0. The number of rotatable bonds is 11. The van der Waals surface area contributed by atoms with Crippen LogP contribution in [0.15, 0.2) is 75.7 Å². The monoisotopic (exact) mass is 787 g/mol. The second-order valence-electron chi connectivity index (χ2n) is 10.6. The number of likely N-dealkylation sites (N-methyl/N-ethyl adjacent to an activating group) is 1. The fourth-order valence-electron chi connectivity index (χ4n) is 5.50. The highest BCUT2D eigenvalue weighted by molar-refractivity contribution is 14.1. The van der Waals surface area contributed by atoms with Gasteiger partial charge in [-0.15, -0.1) is 0 Å². The van der Waals surface area contributed by atoms with E-state index in [0.29, 0.717) is 67.3 Å². The van der Waals surface area contributed by atoms with Gasteiger partial charge in [0, 0.05) is 29.2 Å². The predicted molar refractivity (Wildman–Crippen MR) is 193 cm³/mol. The highest BCUT2D eigenvalue weighted by atomic mass is 127. The third-order valence-electron chi connectivity index (χ3n) is 7.91. The topological polar surface area (TPSA) is 91.6 Å². The van der Waals surface area contributed by atoms with Gasteiger partial charge in [-0.2, -0.15) is 0 Å². The van der Waals surface area contributed by atoms with E-state index in [1.54, 1.807) is 49.0 Å². The van der Waals surface area contributed by atoms with Crippen LogP contribution in [0.3, 0.4) is 0 Å². The number of hydrogen-bond donors (Lipinski definition) is 0. The molecule has 47 heavy (non-hydrogen) atoms. The van der Waals surface area contributed by atoms with Crippen LogP contribution in [0.4, 0.5) is 0 Å². The molecule has 0 fully saturated rings. The molecule has 12 heteroatoms. The summed E-state index contributed by atoms with van der Waals surface area (Å²) in [6.45, 7) is 6.95. The molecule has 1 aliphatic rings. The molecule has 0 aliphatic carbocycles. The number of fused-ring (bicyclic) bond motifs is 1. The fourth-order valence-corrected chi connectivity index (χ4v) is 7.52. The minimum absolute atomic E-state index is 0.188. The molecule has 3 aromatic carbocycles. The number of carbonyl (C=O) groups is 1. The molecule has 0 spiro atoms. The zero-order chi connectivity index (χ0) is 33.8. The molecule has 5 rings (SSSR count). The van der Waals surface area contributed by atoms with E-state index in [1.807, 2.05) is 63.2 Å². The van der Waals surface area contributed by atoms with Crippen molar-refractivity contribution in [3.63, 3.8) is 0 Å². The first-order chi connectivity index (χ1) is 22.6. The van der Waals surface area contributed by atoms with Crippen molar-refractivity contribution in [2.75, 3.05) is 34.4 Å². The van der Waals surface area contributed by atoms with Crippen LogP contribution >= 0.6 is 45.5 Å². The van der Waals surface area contributed by atoms with Crippen LogP contribution in [0.2, 0.25) is 5.02 Å². The molecule has 4 aromatic rings. The molecule has 1 atom stereocenters. The molecular formula is C35H35ClIN3O6S. The van der Waals surface area contributed by atoms with E-state index >= 15 is 0 Å². The summed E-state index contributed by atoms with van der Waals surface area (Å²) in [5.74, 6) is 2.01. The first-order valence-electron chi connectivity index (χ1n) is 14.9. The van der Waals surface area contributed by atoms with Crippen molar-refractivity contribution in [1.82, 2.24) is 9.47 Å². The molecule has 1 aromatic heterocycles. The van der Waals surface area contributed by atoms with Crippen molar-refractivity contribution in [3.05, 3.63) is 111 Å². The minimum Gasteiger partial charge on any atom is -0.497 e. The second-order valence-corrected chi connectivity index (χ2v) is 13.2. The molecule has 0 saturated heterocycles. The number of amides is 1. The van der Waals surface area contributed by atoms with Gasteiger partial charge in [0.05, 0.1) is 40.7 Å². The quantitative estimate of drug-likeness (QED) is 0.174. The van der Waals surface area contributed by atoms with Gasteiger partial charge >= 0.3 is 0 Å². The Labute approximate surface area is 295 Å². The molecular weight excluding hydrogens is 753 g/mol. The van der Waals surface area contributed by atoms with Crippen LogP contribution in [0, 0.1) is 3.57 Å². The van der Waals surface area contributed by atoms with Crippen LogP contribution in [0.1, 0.15) is 43.5 Å². The van der Waals surface area contributed by atoms with Crippen molar-refractivity contribution in [1.29, 1.82) is 0 Å². The molecule has 0 radical (unpaired) electrons. The normalized spacial score (nSPS) is 14.4. The lowest BCUT2D eigenvalue weighted by molar-refractivity contribution is -0.127. The lowest BCUT2D eigenvalue weighted by atomic mass is 9.93. The standard InChI is InChI=1S/C35H35ClIN3O6S/c1-7-39(8-2)34(42)30-20(3)38-35-40(31(30)24-18-23(43-4)13-14-27(24)44-5)33(41)29(47-35)17-21-15-26(37)32(28(16-21)45-6)46-19-22-11-9-10-12-25(22)36/h9-18,31H,7-8,19H2,1-6H3/b29-17+/t31-/m1/s1. The van der Waals surface area contributed by atoms with Gasteiger partial charge in [-0.3, -0.25) is 14.2 Å². The molecule has 246 valence electrons. The van der Waals surface area contributed by atoms with Crippen molar-refractivity contribution >= 4 is 57.5 Å². The number of methoxy groups -OCH3 is 3. The lowest BCUT2D eigenvalue weighted by Crippen LogP contribution is -2.43. The summed E-state index contributed by atoms with van der Waals surface area (Å²) in [7, 11) is 4.71. The van der Waals surface area contributed by atoms with Gasteiger partial charge in [0.25, 0.3) is 11.5 Å². The first-order valence-corrected chi connectivity index (χ1v) is 17.2.